The number of rotatable bonds is 8. The van der Waals surface area contributed by atoms with Gasteiger partial charge in [0.2, 0.25) is 0 Å². The highest BCUT2D eigenvalue weighted by Gasteiger charge is 2.53. The minimum Gasteiger partial charge on any atom is -0.444 e. The van der Waals surface area contributed by atoms with Gasteiger partial charge in [-0.25, -0.2) is 19.5 Å². The van der Waals surface area contributed by atoms with E-state index in [2.05, 4.69) is 5.32 Å². The van der Waals surface area contributed by atoms with Crippen LogP contribution in [0.1, 0.15) is 80.4 Å². The molecule has 0 spiro atoms. The largest absolute Gasteiger partial charge is 0.444 e. The van der Waals surface area contributed by atoms with Gasteiger partial charge in [-0.2, -0.15) is 0 Å². The third-order valence-electron chi connectivity index (χ3n) is 8.96. The fourth-order valence-electron chi connectivity index (χ4n) is 6.67. The van der Waals surface area contributed by atoms with Crippen molar-refractivity contribution in [3.8, 4) is 0 Å². The van der Waals surface area contributed by atoms with E-state index in [1.165, 1.54) is 4.90 Å². The summed E-state index contributed by atoms with van der Waals surface area (Å²) >= 11 is 0. The quantitative estimate of drug-likeness (QED) is 0.139. The number of ether oxygens (including phenoxy) is 1. The molecule has 9 heteroatoms. The second-order valence-corrected chi connectivity index (χ2v) is 13.6. The number of carbonyl (C=O) groups is 3. The minimum absolute atomic E-state index is 0.148. The van der Waals surface area contributed by atoms with Crippen molar-refractivity contribution in [2.75, 3.05) is 11.4 Å². The van der Waals surface area contributed by atoms with Crippen molar-refractivity contribution in [3.05, 3.63) is 137 Å². The molecule has 9 nitrogen and oxygen atoms in total. The molecule has 0 bridgehead atoms. The number of carbonyl (C=O) groups excluding carboxylic acids is 3. The summed E-state index contributed by atoms with van der Waals surface area (Å²) in [5.74, 6) is 0.0520. The Hall–Kier alpha value is -5.44. The van der Waals surface area contributed by atoms with Crippen LogP contribution in [0.2, 0.25) is 0 Å². The number of fused-ring (bicyclic) bond motifs is 1. The zero-order valence-electron chi connectivity index (χ0n) is 27.6. The first kappa shape index (κ1) is 31.2. The van der Waals surface area contributed by atoms with Gasteiger partial charge in [0.15, 0.2) is 5.65 Å². The van der Waals surface area contributed by atoms with E-state index in [1.54, 1.807) is 4.90 Å². The molecule has 1 saturated heterocycles. The van der Waals surface area contributed by atoms with Gasteiger partial charge in [-0.3, -0.25) is 9.69 Å². The molecule has 4 amide bonds. The number of nitrogens with zero attached hydrogens (tertiary/aromatic N) is 4. The topological polar surface area (TPSA) is 96.2 Å². The van der Waals surface area contributed by atoms with Crippen molar-refractivity contribution in [3.63, 3.8) is 0 Å². The van der Waals surface area contributed by atoms with Crippen LogP contribution in [-0.2, 0) is 15.1 Å². The number of aromatic nitrogens is 2. The Morgan fingerprint density at radius 1 is 0.854 bits per heavy atom. The van der Waals surface area contributed by atoms with Gasteiger partial charge in [-0.05, 0) is 74.8 Å². The smallest absolute Gasteiger partial charge is 0.408 e. The molecule has 1 N–H and O–H groups in total. The third-order valence-corrected chi connectivity index (χ3v) is 8.96. The third kappa shape index (κ3) is 5.59. The molecular formula is C39H39N5O4. The van der Waals surface area contributed by atoms with E-state index in [1.807, 2.05) is 142 Å². The molecular weight excluding hydrogens is 602 g/mol. The second-order valence-electron chi connectivity index (χ2n) is 13.6. The first-order chi connectivity index (χ1) is 23.1. The molecule has 0 radical (unpaired) electrons. The first-order valence-corrected chi connectivity index (χ1v) is 16.4. The summed E-state index contributed by atoms with van der Waals surface area (Å²) in [5.41, 5.74) is 3.29. The van der Waals surface area contributed by atoms with Gasteiger partial charge in [-0.15, -0.1) is 0 Å². The van der Waals surface area contributed by atoms with Gasteiger partial charge in [-0.1, -0.05) is 91.0 Å². The summed E-state index contributed by atoms with van der Waals surface area (Å²) in [6.45, 7) is 7.13. The van der Waals surface area contributed by atoms with E-state index in [0.717, 1.165) is 35.1 Å². The fraction of sp³-hybridized carbons (Fsp3) is 0.282. The second kappa shape index (κ2) is 12.0. The van der Waals surface area contributed by atoms with E-state index in [0.29, 0.717) is 22.9 Å². The molecule has 5 aromatic rings. The molecule has 1 saturated carbocycles. The maximum atomic E-state index is 15.0. The number of anilines is 1. The Morgan fingerprint density at radius 3 is 1.90 bits per heavy atom. The van der Waals surface area contributed by atoms with Crippen molar-refractivity contribution < 1.29 is 19.1 Å². The maximum absolute atomic E-state index is 15.0. The first-order valence-electron chi connectivity index (χ1n) is 16.4. The summed E-state index contributed by atoms with van der Waals surface area (Å²) in [6.07, 6.45) is 5.48. The van der Waals surface area contributed by atoms with Crippen LogP contribution in [0.4, 0.5) is 15.3 Å². The Labute approximate surface area is 280 Å². The summed E-state index contributed by atoms with van der Waals surface area (Å²) in [7, 11) is 0. The van der Waals surface area contributed by atoms with Crippen molar-refractivity contribution in [2.45, 2.75) is 63.6 Å². The van der Waals surface area contributed by atoms with Gasteiger partial charge >= 0.3 is 12.1 Å². The van der Waals surface area contributed by atoms with E-state index in [4.69, 9.17) is 9.72 Å². The van der Waals surface area contributed by atoms with Gasteiger partial charge in [0.05, 0.1) is 17.4 Å². The van der Waals surface area contributed by atoms with Crippen LogP contribution >= 0.6 is 0 Å². The lowest BCUT2D eigenvalue weighted by atomic mass is 9.75. The van der Waals surface area contributed by atoms with Crippen LogP contribution < -0.4 is 10.2 Å². The minimum atomic E-state index is -1.23. The van der Waals surface area contributed by atoms with E-state index in [-0.39, 0.29) is 12.5 Å². The number of alkyl carbamates (subject to hydrolysis) is 1. The molecule has 0 unspecified atom stereocenters. The molecule has 2 aliphatic rings. The van der Waals surface area contributed by atoms with Crippen LogP contribution in [0, 0.1) is 0 Å². The number of amides is 4. The highest BCUT2D eigenvalue weighted by atomic mass is 16.6. The average molecular weight is 642 g/mol. The summed E-state index contributed by atoms with van der Waals surface area (Å²) < 4.78 is 7.37. The normalized spacial score (nSPS) is 16.0. The zero-order chi connectivity index (χ0) is 33.6. The van der Waals surface area contributed by atoms with Crippen LogP contribution in [0.5, 0.6) is 0 Å². The molecule has 2 fully saturated rings. The van der Waals surface area contributed by atoms with Crippen LogP contribution in [0.3, 0.4) is 0 Å². The van der Waals surface area contributed by atoms with Crippen LogP contribution in [0.25, 0.3) is 5.65 Å². The van der Waals surface area contributed by atoms with Crippen molar-refractivity contribution >= 4 is 29.4 Å². The highest BCUT2D eigenvalue weighted by Crippen LogP contribution is 2.46. The highest BCUT2D eigenvalue weighted by molar-refractivity contribution is 6.15. The monoisotopic (exact) mass is 641 g/mol. The van der Waals surface area contributed by atoms with Crippen LogP contribution in [0.15, 0.2) is 109 Å². The number of benzene rings is 3. The predicted octanol–water partition coefficient (Wildman–Crippen LogP) is 7.56. The van der Waals surface area contributed by atoms with Crippen molar-refractivity contribution in [2.24, 2.45) is 0 Å². The maximum Gasteiger partial charge on any atom is 0.408 e. The zero-order valence-corrected chi connectivity index (χ0v) is 27.6. The van der Waals surface area contributed by atoms with Gasteiger partial charge in [0.1, 0.15) is 17.7 Å². The Balaban J connectivity index is 1.35. The van der Waals surface area contributed by atoms with Gasteiger partial charge in [0.25, 0.3) is 5.91 Å². The van der Waals surface area contributed by atoms with E-state index >= 15 is 0 Å². The predicted molar refractivity (Wildman–Crippen MR) is 184 cm³/mol. The van der Waals surface area contributed by atoms with E-state index in [9.17, 15) is 14.4 Å². The summed E-state index contributed by atoms with van der Waals surface area (Å²) in [5, 5.41) is 2.87. The fourth-order valence-corrected chi connectivity index (χ4v) is 6.67. The SMILES string of the molecule is C[C@@H](NC(=O)OC(C)(C)C)c1cn2cc(C3CC3)cc(N3CC(=O)N(C(c4ccccc4)(c4ccccc4)c4ccccc4)C3=O)c2n1. The number of imidazole rings is 1. The molecule has 244 valence electrons. The number of hydrogen-bond acceptors (Lipinski definition) is 5. The Bertz CT molecular complexity index is 1880. The van der Waals surface area contributed by atoms with Crippen LogP contribution in [-0.4, -0.2) is 44.5 Å². The molecule has 1 atom stereocenters. The average Bonchev–Trinajstić information content (AvgIpc) is 3.76. The lowest BCUT2D eigenvalue weighted by Gasteiger charge is -2.42. The molecule has 3 heterocycles. The summed E-state index contributed by atoms with van der Waals surface area (Å²) in [4.78, 5) is 49.9. The summed E-state index contributed by atoms with van der Waals surface area (Å²) in [6, 6.07) is 30.3. The standard InChI is InChI=1S/C39H39N5O4/c1-26(40-36(46)48-38(2,3)4)32-24-42-23-28(27-20-21-27)22-33(35(42)41-32)43-25-34(45)44(37(43)47)39(29-14-8-5-9-15-29,30-16-10-6-11-17-30)31-18-12-7-13-19-31/h5-19,22-24,26-27H,20-21,25H2,1-4H3,(H,40,46)/t26-/m1/s1. The lowest BCUT2D eigenvalue weighted by molar-refractivity contribution is -0.127. The molecule has 48 heavy (non-hydrogen) atoms. The van der Waals surface area contributed by atoms with Gasteiger partial charge in [0, 0.05) is 12.4 Å². The number of nitrogens with one attached hydrogen (secondary N) is 1. The molecule has 1 aliphatic carbocycles. The number of urea groups is 1. The van der Waals surface area contributed by atoms with Crippen molar-refractivity contribution in [1.29, 1.82) is 0 Å². The molecule has 3 aromatic carbocycles. The number of pyridine rings is 1. The van der Waals surface area contributed by atoms with Crippen molar-refractivity contribution in [1.82, 2.24) is 19.6 Å². The van der Waals surface area contributed by atoms with Gasteiger partial charge < -0.3 is 14.5 Å². The molecule has 2 aromatic heterocycles. The number of hydrogen-bond donors (Lipinski definition) is 1. The Kier molecular flexibility index (Phi) is 7.78. The Morgan fingerprint density at radius 2 is 1.40 bits per heavy atom. The molecule has 1 aliphatic heterocycles. The number of imide groups is 1. The molecule has 7 rings (SSSR count). The lowest BCUT2D eigenvalue weighted by Crippen LogP contribution is -2.52. The van der Waals surface area contributed by atoms with E-state index < -0.39 is 29.3 Å².